The zero-order valence-corrected chi connectivity index (χ0v) is 14.4. The third-order valence-corrected chi connectivity index (χ3v) is 4.98. The van der Waals surface area contributed by atoms with Crippen LogP contribution >= 0.6 is 11.3 Å². The molecule has 0 spiro atoms. The van der Waals surface area contributed by atoms with E-state index in [0.717, 1.165) is 16.8 Å². The first-order chi connectivity index (χ1) is 12.6. The largest absolute Gasteiger partial charge is 0.326 e. The number of anilines is 2. The van der Waals surface area contributed by atoms with Crippen molar-refractivity contribution in [3.8, 4) is 10.6 Å². The molecule has 4 rings (SSSR count). The number of carbonyl (C=O) groups excluding carboxylic acids is 2. The standard InChI is InChI=1S/C19H14FN3O2S/c20-13-4-1-11(2-5-13)19-23-16(10-26-19)18(25)21-14-6-7-15-12(9-14)3-8-17(24)22-15/h1-2,4-7,9-10H,3,8H2,(H,21,25)(H,22,24). The zero-order valence-electron chi connectivity index (χ0n) is 13.6. The second-order valence-corrected chi connectivity index (χ2v) is 6.78. The SMILES string of the molecule is O=C1CCc2cc(NC(=O)c3csc(-c4ccc(F)cc4)n3)ccc2N1. The van der Waals surface area contributed by atoms with E-state index in [1.54, 1.807) is 29.6 Å². The molecule has 2 heterocycles. The van der Waals surface area contributed by atoms with Crippen molar-refractivity contribution in [2.24, 2.45) is 0 Å². The van der Waals surface area contributed by atoms with Gasteiger partial charge in [-0.1, -0.05) is 0 Å². The molecule has 2 aromatic carbocycles. The van der Waals surface area contributed by atoms with Crippen molar-refractivity contribution in [2.75, 3.05) is 10.6 Å². The van der Waals surface area contributed by atoms with Crippen LogP contribution in [0.2, 0.25) is 0 Å². The minimum atomic E-state index is -0.313. The molecular weight excluding hydrogens is 353 g/mol. The highest BCUT2D eigenvalue weighted by Crippen LogP contribution is 2.27. The fourth-order valence-electron chi connectivity index (χ4n) is 2.76. The third-order valence-electron chi connectivity index (χ3n) is 4.09. The number of aryl methyl sites for hydroxylation is 1. The highest BCUT2D eigenvalue weighted by Gasteiger charge is 2.16. The fourth-order valence-corrected chi connectivity index (χ4v) is 3.57. The maximum absolute atomic E-state index is 13.0. The first-order valence-electron chi connectivity index (χ1n) is 8.04. The first-order valence-corrected chi connectivity index (χ1v) is 8.92. The van der Waals surface area contributed by atoms with Gasteiger partial charge in [0.1, 0.15) is 16.5 Å². The van der Waals surface area contributed by atoms with Gasteiger partial charge in [-0.15, -0.1) is 11.3 Å². The molecule has 0 fully saturated rings. The Labute approximate surface area is 152 Å². The molecule has 0 unspecified atom stereocenters. The summed E-state index contributed by atoms with van der Waals surface area (Å²) < 4.78 is 13.0. The number of thiazole rings is 1. The van der Waals surface area contributed by atoms with Crippen molar-refractivity contribution in [3.05, 3.63) is 64.9 Å². The first kappa shape index (κ1) is 16.4. The summed E-state index contributed by atoms with van der Waals surface area (Å²) in [6.07, 6.45) is 1.09. The smallest absolute Gasteiger partial charge is 0.275 e. The molecule has 0 radical (unpaired) electrons. The van der Waals surface area contributed by atoms with Crippen molar-refractivity contribution in [1.29, 1.82) is 0 Å². The van der Waals surface area contributed by atoms with Crippen LogP contribution < -0.4 is 10.6 Å². The Balaban J connectivity index is 1.50. The van der Waals surface area contributed by atoms with Gasteiger partial charge in [0.15, 0.2) is 0 Å². The van der Waals surface area contributed by atoms with Gasteiger partial charge in [0.2, 0.25) is 5.91 Å². The van der Waals surface area contributed by atoms with Crippen molar-refractivity contribution in [2.45, 2.75) is 12.8 Å². The number of nitrogens with one attached hydrogen (secondary N) is 2. The van der Waals surface area contributed by atoms with E-state index >= 15 is 0 Å². The Morgan fingerprint density at radius 2 is 1.96 bits per heavy atom. The van der Waals surface area contributed by atoms with Gasteiger partial charge in [-0.3, -0.25) is 9.59 Å². The molecule has 26 heavy (non-hydrogen) atoms. The summed E-state index contributed by atoms with van der Waals surface area (Å²) >= 11 is 1.33. The van der Waals surface area contributed by atoms with E-state index in [4.69, 9.17) is 0 Å². The van der Waals surface area contributed by atoms with Gasteiger partial charge in [0.05, 0.1) is 0 Å². The quantitative estimate of drug-likeness (QED) is 0.733. The fraction of sp³-hybridized carbons (Fsp3) is 0.105. The van der Waals surface area contributed by atoms with Crippen molar-refractivity contribution < 1.29 is 14.0 Å². The summed E-state index contributed by atoms with van der Waals surface area (Å²) in [7, 11) is 0. The molecule has 0 atom stereocenters. The minimum absolute atomic E-state index is 0.00470. The van der Waals surface area contributed by atoms with Crippen LogP contribution in [0, 0.1) is 5.82 Å². The van der Waals surface area contributed by atoms with Crippen LogP contribution in [0.25, 0.3) is 10.6 Å². The predicted molar refractivity (Wildman–Crippen MR) is 98.9 cm³/mol. The normalized spacial score (nSPS) is 13.0. The lowest BCUT2D eigenvalue weighted by Gasteiger charge is -2.17. The zero-order chi connectivity index (χ0) is 18.1. The van der Waals surface area contributed by atoms with Crippen LogP contribution in [0.5, 0.6) is 0 Å². The molecule has 0 saturated heterocycles. The average Bonchev–Trinajstić information content (AvgIpc) is 3.13. The van der Waals surface area contributed by atoms with Gasteiger partial charge in [0.25, 0.3) is 5.91 Å². The van der Waals surface area contributed by atoms with Crippen molar-refractivity contribution in [1.82, 2.24) is 4.98 Å². The Kier molecular flexibility index (Phi) is 4.22. The van der Waals surface area contributed by atoms with Crippen molar-refractivity contribution in [3.63, 3.8) is 0 Å². The summed E-state index contributed by atoms with van der Waals surface area (Å²) in [5, 5.41) is 7.96. The van der Waals surface area contributed by atoms with Gasteiger partial charge in [-0.25, -0.2) is 9.37 Å². The van der Waals surface area contributed by atoms with Crippen molar-refractivity contribution >= 4 is 34.5 Å². The molecule has 1 aliphatic heterocycles. The Morgan fingerprint density at radius 1 is 1.15 bits per heavy atom. The predicted octanol–water partition coefficient (Wildman–Crippen LogP) is 4.09. The highest BCUT2D eigenvalue weighted by atomic mass is 32.1. The maximum atomic E-state index is 13.0. The molecule has 130 valence electrons. The van der Waals surface area contributed by atoms with Crippen LogP contribution in [0.4, 0.5) is 15.8 Å². The summed E-state index contributed by atoms with van der Waals surface area (Å²) in [6.45, 7) is 0. The summed E-state index contributed by atoms with van der Waals surface area (Å²) in [4.78, 5) is 28.2. The lowest BCUT2D eigenvalue weighted by molar-refractivity contribution is -0.116. The molecule has 0 saturated carbocycles. The second-order valence-electron chi connectivity index (χ2n) is 5.92. The lowest BCUT2D eigenvalue weighted by atomic mass is 10.0. The second kappa shape index (κ2) is 6.68. The Morgan fingerprint density at radius 3 is 2.77 bits per heavy atom. The molecule has 2 amide bonds. The van der Waals surface area contributed by atoms with Gasteiger partial charge in [0, 0.05) is 28.7 Å². The molecule has 7 heteroatoms. The number of fused-ring (bicyclic) bond motifs is 1. The van der Waals surface area contributed by atoms with Gasteiger partial charge in [-0.05, 0) is 54.4 Å². The van der Waals surface area contributed by atoms with E-state index in [9.17, 15) is 14.0 Å². The third kappa shape index (κ3) is 3.34. The van der Waals surface area contributed by atoms with Gasteiger partial charge < -0.3 is 10.6 Å². The minimum Gasteiger partial charge on any atom is -0.326 e. The number of aromatic nitrogens is 1. The maximum Gasteiger partial charge on any atom is 0.275 e. The number of nitrogens with zero attached hydrogens (tertiary/aromatic N) is 1. The topological polar surface area (TPSA) is 71.1 Å². The molecule has 0 aliphatic carbocycles. The number of halogens is 1. The number of hydrogen-bond donors (Lipinski definition) is 2. The van der Waals surface area contributed by atoms with Crippen LogP contribution in [-0.4, -0.2) is 16.8 Å². The number of rotatable bonds is 3. The molecule has 1 aliphatic rings. The average molecular weight is 367 g/mol. The molecule has 0 bridgehead atoms. The molecule has 3 aromatic rings. The van der Waals surface area contributed by atoms with E-state index in [-0.39, 0.29) is 17.6 Å². The van der Waals surface area contributed by atoms with E-state index in [1.807, 2.05) is 6.07 Å². The number of carbonyl (C=O) groups is 2. The summed E-state index contributed by atoms with van der Waals surface area (Å²) in [5.74, 6) is -0.619. The number of benzene rings is 2. The van der Waals surface area contributed by atoms with E-state index in [1.165, 1.54) is 23.5 Å². The molecule has 5 nitrogen and oxygen atoms in total. The lowest BCUT2D eigenvalue weighted by Crippen LogP contribution is -2.19. The molecular formula is C19H14FN3O2S. The monoisotopic (exact) mass is 367 g/mol. The van der Waals surface area contributed by atoms with Crippen LogP contribution in [0.1, 0.15) is 22.5 Å². The number of amides is 2. The van der Waals surface area contributed by atoms with Crippen LogP contribution in [0.15, 0.2) is 47.8 Å². The molecule has 1 aromatic heterocycles. The Bertz CT molecular complexity index is 998. The van der Waals surface area contributed by atoms with Gasteiger partial charge >= 0.3 is 0 Å². The van der Waals surface area contributed by atoms with E-state index in [2.05, 4.69) is 15.6 Å². The Hall–Kier alpha value is -3.06. The highest BCUT2D eigenvalue weighted by molar-refractivity contribution is 7.13. The van der Waals surface area contributed by atoms with E-state index < -0.39 is 0 Å². The van der Waals surface area contributed by atoms with Gasteiger partial charge in [-0.2, -0.15) is 0 Å². The summed E-state index contributed by atoms with van der Waals surface area (Å²) in [5.41, 5.74) is 3.50. The van der Waals surface area contributed by atoms with E-state index in [0.29, 0.717) is 29.2 Å². The number of hydrogen-bond acceptors (Lipinski definition) is 4. The summed E-state index contributed by atoms with van der Waals surface area (Å²) in [6, 6.07) is 11.4. The van der Waals surface area contributed by atoms with Crippen LogP contribution in [0.3, 0.4) is 0 Å². The van der Waals surface area contributed by atoms with Crippen LogP contribution in [-0.2, 0) is 11.2 Å². The molecule has 2 N–H and O–H groups in total.